The first kappa shape index (κ1) is 27.1. The minimum atomic E-state index is -0.158. The molecule has 0 bridgehead atoms. The van der Waals surface area contributed by atoms with Crippen molar-refractivity contribution in [3.63, 3.8) is 0 Å². The van der Waals surface area contributed by atoms with Crippen molar-refractivity contribution in [3.8, 4) is 0 Å². The Morgan fingerprint density at radius 1 is 0.667 bits per heavy atom. The SMILES string of the molecule is O=C(CCCCCCCC(=O)NN=Cc1ccc(Cl)cc1Cl)NN=Cc1ccc(Cl)cc1Cl. The highest BCUT2D eigenvalue weighted by molar-refractivity contribution is 6.36. The second-order valence-electron chi connectivity index (χ2n) is 7.19. The maximum absolute atomic E-state index is 11.8. The molecule has 0 atom stereocenters. The van der Waals surface area contributed by atoms with Crippen molar-refractivity contribution in [1.29, 1.82) is 0 Å². The third-order valence-corrected chi connectivity index (χ3v) is 5.64. The summed E-state index contributed by atoms with van der Waals surface area (Å²) >= 11 is 23.8. The Bertz CT molecular complexity index is 932. The van der Waals surface area contributed by atoms with Crippen molar-refractivity contribution < 1.29 is 9.59 Å². The molecular weight excluding hydrogens is 506 g/mol. The van der Waals surface area contributed by atoms with Gasteiger partial charge in [0.2, 0.25) is 11.8 Å². The van der Waals surface area contributed by atoms with Gasteiger partial charge in [-0.3, -0.25) is 9.59 Å². The number of benzene rings is 2. The molecular formula is C23H24Cl4N4O2. The van der Waals surface area contributed by atoms with Crippen LogP contribution >= 0.6 is 46.4 Å². The van der Waals surface area contributed by atoms with Gasteiger partial charge < -0.3 is 0 Å². The molecule has 0 aliphatic rings. The van der Waals surface area contributed by atoms with E-state index in [4.69, 9.17) is 46.4 Å². The summed E-state index contributed by atoms with van der Waals surface area (Å²) < 4.78 is 0. The Morgan fingerprint density at radius 2 is 1.06 bits per heavy atom. The smallest absolute Gasteiger partial charge is 0.240 e. The van der Waals surface area contributed by atoms with Crippen molar-refractivity contribution >= 4 is 70.6 Å². The minimum Gasteiger partial charge on any atom is -0.273 e. The van der Waals surface area contributed by atoms with E-state index < -0.39 is 0 Å². The van der Waals surface area contributed by atoms with Crippen LogP contribution in [0, 0.1) is 0 Å². The highest BCUT2D eigenvalue weighted by Crippen LogP contribution is 2.20. The molecule has 0 unspecified atom stereocenters. The summed E-state index contributed by atoms with van der Waals surface area (Å²) in [5.74, 6) is -0.316. The Labute approximate surface area is 213 Å². The van der Waals surface area contributed by atoms with Gasteiger partial charge in [0.05, 0.1) is 22.5 Å². The molecule has 10 heteroatoms. The maximum atomic E-state index is 11.8. The molecule has 2 aromatic carbocycles. The van der Waals surface area contributed by atoms with Gasteiger partial charge in [-0.2, -0.15) is 10.2 Å². The van der Waals surface area contributed by atoms with Gasteiger partial charge in [0.1, 0.15) is 0 Å². The zero-order valence-electron chi connectivity index (χ0n) is 17.8. The van der Waals surface area contributed by atoms with Crippen molar-refractivity contribution in [3.05, 3.63) is 67.6 Å². The van der Waals surface area contributed by atoms with Gasteiger partial charge in [0.25, 0.3) is 0 Å². The fourth-order valence-electron chi connectivity index (χ4n) is 2.77. The molecule has 0 heterocycles. The van der Waals surface area contributed by atoms with Crippen molar-refractivity contribution in [2.75, 3.05) is 0 Å². The van der Waals surface area contributed by atoms with Crippen molar-refractivity contribution in [2.24, 2.45) is 10.2 Å². The fraction of sp³-hybridized carbons (Fsp3) is 0.304. The fourth-order valence-corrected chi connectivity index (χ4v) is 3.69. The zero-order chi connectivity index (χ0) is 24.1. The Balaban J connectivity index is 1.51. The van der Waals surface area contributed by atoms with Crippen LogP contribution < -0.4 is 10.9 Å². The number of unbranched alkanes of at least 4 members (excludes halogenated alkanes) is 4. The Hall–Kier alpha value is -2.12. The van der Waals surface area contributed by atoms with Crippen LogP contribution in [0.1, 0.15) is 56.1 Å². The second kappa shape index (κ2) is 14.9. The number of carbonyl (C=O) groups is 2. The van der Waals surface area contributed by atoms with Crippen LogP contribution in [0.3, 0.4) is 0 Å². The molecule has 0 aliphatic carbocycles. The van der Waals surface area contributed by atoms with E-state index in [-0.39, 0.29) is 11.8 Å². The van der Waals surface area contributed by atoms with Gasteiger partial charge in [-0.25, -0.2) is 10.9 Å². The van der Waals surface area contributed by atoms with Crippen LogP contribution in [-0.2, 0) is 9.59 Å². The third kappa shape index (κ3) is 11.0. The monoisotopic (exact) mass is 528 g/mol. The van der Waals surface area contributed by atoms with Gasteiger partial charge >= 0.3 is 0 Å². The lowest BCUT2D eigenvalue weighted by molar-refractivity contribution is -0.121. The number of hydrazone groups is 2. The molecule has 0 aliphatic heterocycles. The van der Waals surface area contributed by atoms with Crippen LogP contribution in [-0.4, -0.2) is 24.2 Å². The number of halogens is 4. The molecule has 0 radical (unpaired) electrons. The number of carbonyl (C=O) groups excluding carboxylic acids is 2. The predicted molar refractivity (Wildman–Crippen MR) is 137 cm³/mol. The first-order valence-electron chi connectivity index (χ1n) is 10.4. The minimum absolute atomic E-state index is 0.158. The van der Waals surface area contributed by atoms with Gasteiger partial charge in [-0.05, 0) is 37.1 Å². The summed E-state index contributed by atoms with van der Waals surface area (Å²) in [6.07, 6.45) is 7.97. The molecule has 0 saturated carbocycles. The molecule has 2 aromatic rings. The molecule has 0 spiro atoms. The average molecular weight is 530 g/mol. The number of hydrogen-bond donors (Lipinski definition) is 2. The third-order valence-electron chi connectivity index (χ3n) is 4.52. The summed E-state index contributed by atoms with van der Waals surface area (Å²) in [4.78, 5) is 23.7. The van der Waals surface area contributed by atoms with Crippen LogP contribution in [0.5, 0.6) is 0 Å². The van der Waals surface area contributed by atoms with E-state index in [1.165, 1.54) is 12.4 Å². The lowest BCUT2D eigenvalue weighted by atomic mass is 10.1. The molecule has 2 amide bonds. The lowest BCUT2D eigenvalue weighted by Crippen LogP contribution is -2.17. The largest absolute Gasteiger partial charge is 0.273 e. The normalized spacial score (nSPS) is 11.3. The number of amides is 2. The summed E-state index contributed by atoms with van der Waals surface area (Å²) in [6.45, 7) is 0. The van der Waals surface area contributed by atoms with Crippen LogP contribution in [0.15, 0.2) is 46.6 Å². The summed E-state index contributed by atoms with van der Waals surface area (Å²) in [7, 11) is 0. The topological polar surface area (TPSA) is 82.9 Å². The van der Waals surface area contributed by atoms with E-state index in [2.05, 4.69) is 21.1 Å². The molecule has 0 fully saturated rings. The molecule has 0 aromatic heterocycles. The highest BCUT2D eigenvalue weighted by Gasteiger charge is 2.03. The summed E-state index contributed by atoms with van der Waals surface area (Å²) in [5, 5.41) is 9.83. The first-order valence-corrected chi connectivity index (χ1v) is 11.9. The molecule has 2 rings (SSSR count). The maximum Gasteiger partial charge on any atom is 0.240 e. The van der Waals surface area contributed by atoms with E-state index in [1.807, 2.05) is 0 Å². The standard InChI is InChI=1S/C23H24Cl4N4O2/c24-18-10-8-16(20(26)12-18)14-28-30-22(32)6-4-2-1-3-5-7-23(33)31-29-15-17-9-11-19(25)13-21(17)27/h8-15H,1-7H2,(H,30,32)(H,31,33). The van der Waals surface area contributed by atoms with E-state index in [0.717, 1.165) is 32.1 Å². The van der Waals surface area contributed by atoms with E-state index >= 15 is 0 Å². The summed E-state index contributed by atoms with van der Waals surface area (Å²) in [6, 6.07) is 10.1. The van der Waals surface area contributed by atoms with Gasteiger partial charge in [0, 0.05) is 34.0 Å². The number of nitrogens with one attached hydrogen (secondary N) is 2. The van der Waals surface area contributed by atoms with E-state index in [0.29, 0.717) is 44.1 Å². The van der Waals surface area contributed by atoms with E-state index in [1.54, 1.807) is 36.4 Å². The van der Waals surface area contributed by atoms with Crippen LogP contribution in [0.2, 0.25) is 20.1 Å². The first-order chi connectivity index (χ1) is 15.8. The van der Waals surface area contributed by atoms with Gasteiger partial charge in [-0.15, -0.1) is 0 Å². The average Bonchev–Trinajstić information content (AvgIpc) is 2.76. The lowest BCUT2D eigenvalue weighted by Gasteiger charge is -2.03. The number of rotatable bonds is 12. The summed E-state index contributed by atoms with van der Waals surface area (Å²) in [5.41, 5.74) is 6.31. The molecule has 33 heavy (non-hydrogen) atoms. The van der Waals surface area contributed by atoms with Gasteiger partial charge in [0.15, 0.2) is 0 Å². The zero-order valence-corrected chi connectivity index (χ0v) is 20.8. The van der Waals surface area contributed by atoms with Crippen LogP contribution in [0.25, 0.3) is 0 Å². The van der Waals surface area contributed by atoms with Crippen LogP contribution in [0.4, 0.5) is 0 Å². The van der Waals surface area contributed by atoms with Crippen molar-refractivity contribution in [2.45, 2.75) is 44.9 Å². The molecule has 6 nitrogen and oxygen atoms in total. The molecule has 176 valence electrons. The van der Waals surface area contributed by atoms with E-state index in [9.17, 15) is 9.59 Å². The second-order valence-corrected chi connectivity index (χ2v) is 8.87. The number of nitrogens with zero attached hydrogens (tertiary/aromatic N) is 2. The molecule has 0 saturated heterocycles. The highest BCUT2D eigenvalue weighted by atomic mass is 35.5. The Kier molecular flexibility index (Phi) is 12.3. The quantitative estimate of drug-likeness (QED) is 0.184. The molecule has 2 N–H and O–H groups in total. The predicted octanol–water partition coefficient (Wildman–Crippen LogP) is 6.63. The van der Waals surface area contributed by atoms with Gasteiger partial charge in [-0.1, -0.05) is 77.8 Å². The number of hydrogen-bond acceptors (Lipinski definition) is 4. The Morgan fingerprint density at radius 3 is 1.45 bits per heavy atom. The van der Waals surface area contributed by atoms with Crippen molar-refractivity contribution in [1.82, 2.24) is 10.9 Å².